The minimum absolute atomic E-state index is 0.0144. The first-order valence-corrected chi connectivity index (χ1v) is 7.94. The topological polar surface area (TPSA) is 27.7 Å². The zero-order chi connectivity index (χ0) is 16.0. The molecule has 1 saturated carbocycles. The molecule has 1 unspecified atom stereocenters. The van der Waals surface area contributed by atoms with Crippen molar-refractivity contribution < 1.29 is 27.4 Å². The average Bonchev–Trinajstić information content (AvgIpc) is 2.47. The fourth-order valence-corrected chi connectivity index (χ4v) is 4.08. The van der Waals surface area contributed by atoms with Gasteiger partial charge in [0.1, 0.15) is 0 Å². The van der Waals surface area contributed by atoms with Crippen LogP contribution in [-0.2, 0) is 14.2 Å². The lowest BCUT2D eigenvalue weighted by atomic mass is 9.74. The number of rotatable bonds is 3. The second-order valence-corrected chi connectivity index (χ2v) is 7.05. The fraction of sp³-hybridized carbons (Fsp3) is 0.875. The molecule has 0 radical (unpaired) electrons. The van der Waals surface area contributed by atoms with Crippen LogP contribution in [0.2, 0.25) is 0 Å². The molecule has 3 nitrogen and oxygen atoms in total. The second kappa shape index (κ2) is 5.49. The SMILES string of the molecule is C=C(C)CC12COC(C3CCCCC3)(OC1)OC2C(F)(F)F. The van der Waals surface area contributed by atoms with Gasteiger partial charge < -0.3 is 14.2 Å². The highest BCUT2D eigenvalue weighted by molar-refractivity contribution is 5.07. The van der Waals surface area contributed by atoms with Gasteiger partial charge in [-0.05, 0) is 26.2 Å². The van der Waals surface area contributed by atoms with Gasteiger partial charge in [0.25, 0.3) is 5.97 Å². The van der Waals surface area contributed by atoms with Gasteiger partial charge in [-0.25, -0.2) is 0 Å². The Labute approximate surface area is 128 Å². The number of halogens is 3. The van der Waals surface area contributed by atoms with Gasteiger partial charge in [0.05, 0.1) is 18.6 Å². The first-order valence-electron chi connectivity index (χ1n) is 7.94. The summed E-state index contributed by atoms with van der Waals surface area (Å²) in [6, 6.07) is 0. The van der Waals surface area contributed by atoms with E-state index in [4.69, 9.17) is 14.2 Å². The average molecular weight is 320 g/mol. The summed E-state index contributed by atoms with van der Waals surface area (Å²) in [7, 11) is 0. The van der Waals surface area contributed by atoms with Crippen LogP contribution in [0.4, 0.5) is 13.2 Å². The van der Waals surface area contributed by atoms with Crippen LogP contribution in [-0.4, -0.2) is 31.5 Å². The number of fused-ring (bicyclic) bond motifs is 3. The zero-order valence-electron chi connectivity index (χ0n) is 12.9. The van der Waals surface area contributed by atoms with E-state index in [1.165, 1.54) is 0 Å². The number of alkyl halides is 3. The van der Waals surface area contributed by atoms with Crippen LogP contribution < -0.4 is 0 Å². The Kier molecular flexibility index (Phi) is 4.06. The van der Waals surface area contributed by atoms with Crippen LogP contribution in [0.25, 0.3) is 0 Å². The molecule has 0 N–H and O–H groups in total. The molecule has 6 heteroatoms. The molecule has 3 aliphatic heterocycles. The van der Waals surface area contributed by atoms with Crippen LogP contribution >= 0.6 is 0 Å². The van der Waals surface area contributed by atoms with E-state index in [-0.39, 0.29) is 25.6 Å². The van der Waals surface area contributed by atoms with Crippen molar-refractivity contribution in [3.05, 3.63) is 12.2 Å². The van der Waals surface area contributed by atoms with Crippen LogP contribution in [0.15, 0.2) is 12.2 Å². The largest absolute Gasteiger partial charge is 0.415 e. The molecule has 4 fully saturated rings. The van der Waals surface area contributed by atoms with Crippen molar-refractivity contribution in [3.63, 3.8) is 0 Å². The molecular formula is C16H23F3O3. The third-order valence-electron chi connectivity index (χ3n) is 5.02. The Balaban J connectivity index is 1.87. The van der Waals surface area contributed by atoms with Crippen molar-refractivity contribution in [2.45, 2.75) is 63.7 Å². The number of hydrogen-bond donors (Lipinski definition) is 0. The van der Waals surface area contributed by atoms with Gasteiger partial charge in [0, 0.05) is 5.92 Å². The molecule has 2 bridgehead atoms. The number of allylic oxidation sites excluding steroid dienone is 1. The first-order chi connectivity index (χ1) is 10.3. The molecule has 0 aromatic heterocycles. The van der Waals surface area contributed by atoms with E-state index in [0.29, 0.717) is 5.57 Å². The molecule has 0 aromatic rings. The van der Waals surface area contributed by atoms with Crippen molar-refractivity contribution >= 4 is 0 Å². The molecule has 4 rings (SSSR count). The van der Waals surface area contributed by atoms with Gasteiger partial charge in [-0.2, -0.15) is 13.2 Å². The Morgan fingerprint density at radius 1 is 1.14 bits per heavy atom. The minimum Gasteiger partial charge on any atom is -0.326 e. The Morgan fingerprint density at radius 2 is 1.73 bits per heavy atom. The smallest absolute Gasteiger partial charge is 0.326 e. The van der Waals surface area contributed by atoms with E-state index in [2.05, 4.69) is 6.58 Å². The van der Waals surface area contributed by atoms with Gasteiger partial charge >= 0.3 is 6.18 Å². The molecule has 0 amide bonds. The predicted molar refractivity (Wildman–Crippen MR) is 74.0 cm³/mol. The molecule has 1 aliphatic carbocycles. The van der Waals surface area contributed by atoms with Crippen molar-refractivity contribution in [1.82, 2.24) is 0 Å². The summed E-state index contributed by atoms with van der Waals surface area (Å²) in [5.74, 6) is -1.62. The van der Waals surface area contributed by atoms with E-state index >= 15 is 0 Å². The lowest BCUT2D eigenvalue weighted by Gasteiger charge is -2.58. The summed E-state index contributed by atoms with van der Waals surface area (Å²) in [5, 5.41) is 0. The quantitative estimate of drug-likeness (QED) is 0.730. The summed E-state index contributed by atoms with van der Waals surface area (Å²) in [6.45, 7) is 5.50. The Bertz CT molecular complexity index is 432. The number of hydrogen-bond acceptors (Lipinski definition) is 3. The lowest BCUT2D eigenvalue weighted by Crippen LogP contribution is -2.70. The molecule has 3 heterocycles. The van der Waals surface area contributed by atoms with E-state index in [1.54, 1.807) is 6.92 Å². The maximum absolute atomic E-state index is 13.6. The van der Waals surface area contributed by atoms with Crippen LogP contribution in [0, 0.1) is 11.3 Å². The molecule has 0 spiro atoms. The highest BCUT2D eigenvalue weighted by Gasteiger charge is 2.67. The Hall–Kier alpha value is -0.590. The summed E-state index contributed by atoms with van der Waals surface area (Å²) in [4.78, 5) is 0. The molecule has 126 valence electrons. The monoisotopic (exact) mass is 320 g/mol. The first kappa shape index (κ1) is 16.3. The molecule has 1 atom stereocenters. The zero-order valence-corrected chi connectivity index (χ0v) is 12.9. The summed E-state index contributed by atoms with van der Waals surface area (Å²) < 4.78 is 57.7. The van der Waals surface area contributed by atoms with Gasteiger partial charge in [0.15, 0.2) is 6.10 Å². The van der Waals surface area contributed by atoms with Crippen molar-refractivity contribution in [2.24, 2.45) is 11.3 Å². The highest BCUT2D eigenvalue weighted by Crippen LogP contribution is 2.55. The molecule has 4 aliphatic rings. The maximum atomic E-state index is 13.6. The normalized spacial score (nSPS) is 39.9. The molecule has 3 saturated heterocycles. The minimum atomic E-state index is -4.43. The van der Waals surface area contributed by atoms with Gasteiger partial charge in [-0.1, -0.05) is 24.8 Å². The van der Waals surface area contributed by atoms with Gasteiger partial charge in [-0.3, -0.25) is 0 Å². The van der Waals surface area contributed by atoms with E-state index < -0.39 is 23.7 Å². The van der Waals surface area contributed by atoms with Crippen molar-refractivity contribution in [1.29, 1.82) is 0 Å². The van der Waals surface area contributed by atoms with Gasteiger partial charge in [0.2, 0.25) is 0 Å². The molecule has 0 aromatic carbocycles. The van der Waals surface area contributed by atoms with Crippen LogP contribution in [0.1, 0.15) is 45.4 Å². The van der Waals surface area contributed by atoms with Crippen molar-refractivity contribution in [2.75, 3.05) is 13.2 Å². The summed E-state index contributed by atoms with van der Waals surface area (Å²) >= 11 is 0. The molecular weight excluding hydrogens is 297 g/mol. The van der Waals surface area contributed by atoms with E-state index in [0.717, 1.165) is 32.1 Å². The summed E-state index contributed by atoms with van der Waals surface area (Å²) in [6.07, 6.45) is -1.43. The predicted octanol–water partition coefficient (Wildman–Crippen LogP) is 4.18. The standard InChI is InChI=1S/C16H23F3O3/c1-11(2)8-14-9-20-16(21-10-14,12-6-4-3-5-7-12)22-13(14)15(17,18)19/h12-13H,1,3-10H2,2H3. The number of ether oxygens (including phenoxy) is 3. The lowest BCUT2D eigenvalue weighted by molar-refractivity contribution is -0.528. The second-order valence-electron chi connectivity index (χ2n) is 7.05. The third-order valence-corrected chi connectivity index (χ3v) is 5.02. The maximum Gasteiger partial charge on any atom is 0.415 e. The van der Waals surface area contributed by atoms with Crippen LogP contribution in [0.3, 0.4) is 0 Å². The summed E-state index contributed by atoms with van der Waals surface area (Å²) in [5.41, 5.74) is -0.530. The molecule has 22 heavy (non-hydrogen) atoms. The van der Waals surface area contributed by atoms with Crippen molar-refractivity contribution in [3.8, 4) is 0 Å². The van der Waals surface area contributed by atoms with Crippen LogP contribution in [0.5, 0.6) is 0 Å². The van der Waals surface area contributed by atoms with E-state index in [1.807, 2.05) is 0 Å². The highest BCUT2D eigenvalue weighted by atomic mass is 19.4. The third kappa shape index (κ3) is 2.69. The van der Waals surface area contributed by atoms with Gasteiger partial charge in [-0.15, -0.1) is 6.58 Å². The fourth-order valence-electron chi connectivity index (χ4n) is 4.08. The Morgan fingerprint density at radius 3 is 2.23 bits per heavy atom. The van der Waals surface area contributed by atoms with E-state index in [9.17, 15) is 13.2 Å².